The smallest absolute Gasteiger partial charge is 0.164 e. The van der Waals surface area contributed by atoms with Crippen molar-refractivity contribution < 1.29 is 4.39 Å². The van der Waals surface area contributed by atoms with Crippen molar-refractivity contribution >= 4 is 11.6 Å². The van der Waals surface area contributed by atoms with Gasteiger partial charge < -0.3 is 0 Å². The molecule has 1 heterocycles. The molecule has 1 nitrogen and oxygen atoms in total. The van der Waals surface area contributed by atoms with Crippen LogP contribution in [0.4, 0.5) is 4.39 Å². The van der Waals surface area contributed by atoms with Gasteiger partial charge in [0.25, 0.3) is 0 Å². The summed E-state index contributed by atoms with van der Waals surface area (Å²) in [7, 11) is 0. The van der Waals surface area contributed by atoms with Gasteiger partial charge in [0.1, 0.15) is 0 Å². The van der Waals surface area contributed by atoms with Gasteiger partial charge in [0.15, 0.2) is 11.0 Å². The number of aryl methyl sites for hydroxylation is 1. The summed E-state index contributed by atoms with van der Waals surface area (Å²) in [6, 6.07) is 2.87. The highest BCUT2D eigenvalue weighted by Crippen LogP contribution is 2.09. The van der Waals surface area contributed by atoms with E-state index in [0.717, 1.165) is 5.69 Å². The normalized spacial score (nSPS) is 9.67. The number of nitrogens with zero attached hydrogens (tertiary/aromatic N) is 1. The third kappa shape index (κ3) is 1.39. The molecule has 0 bridgehead atoms. The first-order chi connectivity index (χ1) is 4.20. The molecule has 1 aromatic rings. The van der Waals surface area contributed by atoms with E-state index in [9.17, 15) is 4.39 Å². The van der Waals surface area contributed by atoms with Gasteiger partial charge >= 0.3 is 0 Å². The Morgan fingerprint density at radius 1 is 1.56 bits per heavy atom. The highest BCUT2D eigenvalue weighted by atomic mass is 35.5. The summed E-state index contributed by atoms with van der Waals surface area (Å²) in [5.41, 5.74) is 0.724. The summed E-state index contributed by atoms with van der Waals surface area (Å²) in [6.45, 7) is 1.76. The summed E-state index contributed by atoms with van der Waals surface area (Å²) in [5, 5.41) is -0.0602. The Kier molecular flexibility index (Phi) is 1.67. The third-order valence-corrected chi connectivity index (χ3v) is 1.21. The average Bonchev–Trinajstić information content (AvgIpc) is 1.80. The van der Waals surface area contributed by atoms with Crippen molar-refractivity contribution in [3.05, 3.63) is 28.8 Å². The number of hydrogen-bond donors (Lipinski definition) is 0. The van der Waals surface area contributed by atoms with E-state index in [2.05, 4.69) is 4.98 Å². The van der Waals surface area contributed by atoms with Crippen LogP contribution in [0.5, 0.6) is 0 Å². The molecule has 0 amide bonds. The molecule has 0 aliphatic carbocycles. The van der Waals surface area contributed by atoms with Crippen molar-refractivity contribution in [1.82, 2.24) is 4.98 Å². The SMILES string of the molecule is Cc1ccc(F)c(Cl)n1. The van der Waals surface area contributed by atoms with Crippen LogP contribution in [0.15, 0.2) is 12.1 Å². The van der Waals surface area contributed by atoms with Crippen molar-refractivity contribution in [2.24, 2.45) is 0 Å². The van der Waals surface area contributed by atoms with Crippen LogP contribution in [0.25, 0.3) is 0 Å². The van der Waals surface area contributed by atoms with Gasteiger partial charge in [0, 0.05) is 5.69 Å². The fourth-order valence-corrected chi connectivity index (χ4v) is 0.704. The molecular weight excluding hydrogens is 141 g/mol. The number of aromatic nitrogens is 1. The Hall–Kier alpha value is -0.630. The molecule has 0 N–H and O–H groups in total. The van der Waals surface area contributed by atoms with Crippen molar-refractivity contribution in [1.29, 1.82) is 0 Å². The molecule has 0 aliphatic heterocycles. The van der Waals surface area contributed by atoms with E-state index in [1.54, 1.807) is 13.0 Å². The lowest BCUT2D eigenvalue weighted by Gasteiger charge is -1.92. The van der Waals surface area contributed by atoms with Crippen LogP contribution in [0, 0.1) is 12.7 Å². The predicted molar refractivity (Wildman–Crippen MR) is 33.9 cm³/mol. The Morgan fingerprint density at radius 2 is 2.22 bits per heavy atom. The summed E-state index contributed by atoms with van der Waals surface area (Å²) in [6.07, 6.45) is 0. The lowest BCUT2D eigenvalue weighted by atomic mass is 10.4. The maximum Gasteiger partial charge on any atom is 0.164 e. The van der Waals surface area contributed by atoms with Gasteiger partial charge in [-0.25, -0.2) is 9.37 Å². The van der Waals surface area contributed by atoms with E-state index >= 15 is 0 Å². The van der Waals surface area contributed by atoms with E-state index in [0.29, 0.717) is 0 Å². The van der Waals surface area contributed by atoms with Crippen molar-refractivity contribution in [2.45, 2.75) is 6.92 Å². The van der Waals surface area contributed by atoms with Gasteiger partial charge in [-0.05, 0) is 19.1 Å². The van der Waals surface area contributed by atoms with Gasteiger partial charge in [-0.2, -0.15) is 0 Å². The number of hydrogen-bond acceptors (Lipinski definition) is 1. The molecule has 1 aromatic heterocycles. The fraction of sp³-hybridized carbons (Fsp3) is 0.167. The minimum atomic E-state index is -0.470. The number of rotatable bonds is 0. The maximum absolute atomic E-state index is 12.3. The first-order valence-electron chi connectivity index (χ1n) is 2.49. The molecule has 1 rings (SSSR count). The van der Waals surface area contributed by atoms with E-state index < -0.39 is 5.82 Å². The molecule has 0 aromatic carbocycles. The second-order valence-corrected chi connectivity index (χ2v) is 2.08. The van der Waals surface area contributed by atoms with Gasteiger partial charge in [0.05, 0.1) is 0 Å². The van der Waals surface area contributed by atoms with Crippen molar-refractivity contribution in [3.63, 3.8) is 0 Å². The monoisotopic (exact) mass is 145 g/mol. The molecular formula is C6H5ClFN. The molecule has 0 aliphatic rings. The Balaban J connectivity index is 3.17. The average molecular weight is 146 g/mol. The fourth-order valence-electron chi connectivity index (χ4n) is 0.508. The van der Waals surface area contributed by atoms with Crippen LogP contribution in [0.3, 0.4) is 0 Å². The molecule has 9 heavy (non-hydrogen) atoms. The zero-order valence-corrected chi connectivity index (χ0v) is 5.61. The van der Waals surface area contributed by atoms with E-state index in [1.165, 1.54) is 6.07 Å². The lowest BCUT2D eigenvalue weighted by Crippen LogP contribution is -1.83. The van der Waals surface area contributed by atoms with E-state index in [1.807, 2.05) is 0 Å². The molecule has 0 spiro atoms. The summed E-state index contributed by atoms with van der Waals surface area (Å²) in [5.74, 6) is -0.470. The molecule has 0 radical (unpaired) electrons. The van der Waals surface area contributed by atoms with Gasteiger partial charge in [-0.1, -0.05) is 11.6 Å². The zero-order valence-electron chi connectivity index (χ0n) is 4.86. The van der Waals surface area contributed by atoms with Crippen LogP contribution in [0.1, 0.15) is 5.69 Å². The van der Waals surface area contributed by atoms with Crippen molar-refractivity contribution in [3.8, 4) is 0 Å². The van der Waals surface area contributed by atoms with Crippen LogP contribution in [-0.4, -0.2) is 4.98 Å². The second-order valence-electron chi connectivity index (χ2n) is 1.73. The molecule has 0 fully saturated rings. The number of halogens is 2. The van der Waals surface area contributed by atoms with Crippen molar-refractivity contribution in [2.75, 3.05) is 0 Å². The topological polar surface area (TPSA) is 12.9 Å². The standard InChI is InChI=1S/C6H5ClFN/c1-4-2-3-5(8)6(7)9-4/h2-3H,1H3. The van der Waals surface area contributed by atoms with Crippen LogP contribution in [-0.2, 0) is 0 Å². The van der Waals surface area contributed by atoms with E-state index in [4.69, 9.17) is 11.6 Å². The summed E-state index contributed by atoms with van der Waals surface area (Å²) >= 11 is 5.33. The highest BCUT2D eigenvalue weighted by Gasteiger charge is 1.97. The highest BCUT2D eigenvalue weighted by molar-refractivity contribution is 6.29. The molecule has 3 heteroatoms. The van der Waals surface area contributed by atoms with Crippen LogP contribution >= 0.6 is 11.6 Å². The van der Waals surface area contributed by atoms with Gasteiger partial charge in [-0.3, -0.25) is 0 Å². The minimum Gasteiger partial charge on any atom is -0.238 e. The molecule has 0 saturated carbocycles. The van der Waals surface area contributed by atoms with Crippen LogP contribution < -0.4 is 0 Å². The minimum absolute atomic E-state index is 0.0602. The first-order valence-corrected chi connectivity index (χ1v) is 2.86. The Morgan fingerprint density at radius 3 is 2.67 bits per heavy atom. The summed E-state index contributed by atoms with van der Waals surface area (Å²) in [4.78, 5) is 3.66. The van der Waals surface area contributed by atoms with Gasteiger partial charge in [-0.15, -0.1) is 0 Å². The predicted octanol–water partition coefficient (Wildman–Crippen LogP) is 2.18. The van der Waals surface area contributed by atoms with E-state index in [-0.39, 0.29) is 5.15 Å². The largest absolute Gasteiger partial charge is 0.238 e. The molecule has 0 unspecified atom stereocenters. The third-order valence-electron chi connectivity index (χ3n) is 0.942. The lowest BCUT2D eigenvalue weighted by molar-refractivity contribution is 0.621. The quantitative estimate of drug-likeness (QED) is 0.510. The molecule has 0 atom stereocenters. The maximum atomic E-state index is 12.3. The second kappa shape index (κ2) is 2.31. The summed E-state index contributed by atoms with van der Waals surface area (Å²) < 4.78 is 12.3. The van der Waals surface area contributed by atoms with Gasteiger partial charge in [0.2, 0.25) is 0 Å². The number of pyridine rings is 1. The Labute approximate surface area is 57.5 Å². The van der Waals surface area contributed by atoms with Crippen LogP contribution in [0.2, 0.25) is 5.15 Å². The first kappa shape index (κ1) is 6.49. The Bertz CT molecular complexity index is 224. The molecule has 0 saturated heterocycles. The zero-order chi connectivity index (χ0) is 6.85. The molecule has 48 valence electrons.